The van der Waals surface area contributed by atoms with Gasteiger partial charge in [0.25, 0.3) is 5.91 Å². The third kappa shape index (κ3) is 7.27. The highest BCUT2D eigenvalue weighted by Crippen LogP contribution is 2.33. The fourth-order valence-corrected chi connectivity index (χ4v) is 5.18. The monoisotopic (exact) mass is 531 g/mol. The molecule has 0 radical (unpaired) electrons. The first-order chi connectivity index (χ1) is 18.6. The van der Waals surface area contributed by atoms with Crippen molar-refractivity contribution in [1.82, 2.24) is 19.4 Å². The van der Waals surface area contributed by atoms with Gasteiger partial charge in [0.1, 0.15) is 0 Å². The number of fused-ring (bicyclic) bond motifs is 1. The first-order valence-electron chi connectivity index (χ1n) is 14.5. The lowest BCUT2D eigenvalue weighted by Crippen LogP contribution is -2.34. The molecular formula is C32H45N5O2. The number of benzene rings is 2. The highest BCUT2D eigenvalue weighted by atomic mass is 16.2. The summed E-state index contributed by atoms with van der Waals surface area (Å²) in [4.78, 5) is 34.9. The molecule has 0 bridgehead atoms. The van der Waals surface area contributed by atoms with Gasteiger partial charge in [-0.15, -0.1) is 0 Å². The van der Waals surface area contributed by atoms with Crippen LogP contribution in [0.25, 0.3) is 11.0 Å². The van der Waals surface area contributed by atoms with Gasteiger partial charge >= 0.3 is 0 Å². The maximum atomic E-state index is 13.8. The Hall–Kier alpha value is -3.19. The van der Waals surface area contributed by atoms with Crippen LogP contribution in [0.15, 0.2) is 42.5 Å². The van der Waals surface area contributed by atoms with E-state index in [4.69, 9.17) is 4.98 Å². The molecule has 39 heavy (non-hydrogen) atoms. The van der Waals surface area contributed by atoms with Crippen LogP contribution in [-0.2, 0) is 0 Å². The van der Waals surface area contributed by atoms with Gasteiger partial charge in [0, 0.05) is 35.9 Å². The third-order valence-electron chi connectivity index (χ3n) is 7.78. The number of hydrogen-bond acceptors (Lipinski definition) is 5. The molecule has 0 unspecified atom stereocenters. The lowest BCUT2D eigenvalue weighted by atomic mass is 10.0. The molecule has 0 saturated carbocycles. The first-order valence-corrected chi connectivity index (χ1v) is 14.5. The number of carbonyl (C=O) groups is 2. The highest BCUT2D eigenvalue weighted by Gasteiger charge is 2.25. The van der Waals surface area contributed by atoms with Crippen LogP contribution in [0.5, 0.6) is 0 Å². The van der Waals surface area contributed by atoms with E-state index in [2.05, 4.69) is 49.5 Å². The minimum Gasteiger partial charge on any atom is -0.339 e. The summed E-state index contributed by atoms with van der Waals surface area (Å²) in [5.41, 5.74) is 4.16. The van der Waals surface area contributed by atoms with Crippen molar-refractivity contribution < 1.29 is 9.59 Å². The third-order valence-corrected chi connectivity index (χ3v) is 7.78. The van der Waals surface area contributed by atoms with Crippen LogP contribution in [0.2, 0.25) is 0 Å². The van der Waals surface area contributed by atoms with Gasteiger partial charge in [-0.1, -0.05) is 27.7 Å². The molecule has 7 nitrogen and oxygen atoms in total. The lowest BCUT2D eigenvalue weighted by Gasteiger charge is -2.31. The van der Waals surface area contributed by atoms with Gasteiger partial charge in [0.05, 0.1) is 11.0 Å². The number of amides is 1. The van der Waals surface area contributed by atoms with E-state index in [0.29, 0.717) is 17.4 Å². The largest absolute Gasteiger partial charge is 0.339 e. The second-order valence-electron chi connectivity index (χ2n) is 12.0. The average molecular weight is 532 g/mol. The number of carbonyl (C=O) groups excluding carboxylic acids is 2. The fraction of sp³-hybridized carbons (Fsp3) is 0.531. The topological polar surface area (TPSA) is 70.5 Å². The van der Waals surface area contributed by atoms with E-state index in [-0.39, 0.29) is 17.7 Å². The van der Waals surface area contributed by atoms with Gasteiger partial charge in [0.2, 0.25) is 5.95 Å². The van der Waals surface area contributed by atoms with E-state index in [0.717, 1.165) is 80.1 Å². The zero-order valence-corrected chi connectivity index (χ0v) is 24.5. The number of anilines is 2. The van der Waals surface area contributed by atoms with Gasteiger partial charge in [-0.2, -0.15) is 0 Å². The van der Waals surface area contributed by atoms with Crippen molar-refractivity contribution in [2.75, 3.05) is 38.5 Å². The van der Waals surface area contributed by atoms with Crippen molar-refractivity contribution in [3.8, 4) is 0 Å². The Labute approximate surface area is 233 Å². The maximum absolute atomic E-state index is 13.8. The molecule has 2 heterocycles. The molecule has 1 aliphatic rings. The molecule has 3 aromatic rings. The van der Waals surface area contributed by atoms with Gasteiger partial charge in [0.15, 0.2) is 5.78 Å². The van der Waals surface area contributed by atoms with Crippen molar-refractivity contribution in [2.24, 2.45) is 11.8 Å². The number of nitrogens with zero attached hydrogens (tertiary/aromatic N) is 4. The van der Waals surface area contributed by atoms with Crippen molar-refractivity contribution in [3.05, 3.63) is 53.6 Å². The first kappa shape index (κ1) is 28.8. The Balaban J connectivity index is 1.70. The number of rotatable bonds is 11. The Kier molecular flexibility index (Phi) is 9.44. The summed E-state index contributed by atoms with van der Waals surface area (Å²) in [6.45, 7) is 14.0. The SMILES string of the molecule is CC(=O)c1ccc(Nc2nc3ccc(C(=O)N(CCC(C)C)CCC(C)C)cc3n2C2CCN(C)CC2)cc1. The second-order valence-corrected chi connectivity index (χ2v) is 12.0. The van der Waals surface area contributed by atoms with Crippen LogP contribution in [0.4, 0.5) is 11.6 Å². The van der Waals surface area contributed by atoms with Crippen molar-refractivity contribution in [3.63, 3.8) is 0 Å². The standard InChI is InChI=1S/C32H45N5O2/c1-22(2)13-19-36(20-14-23(3)4)31(39)26-9-12-29-30(21-26)37(28-15-17-35(6)18-16-28)32(34-29)33-27-10-7-25(8-11-27)24(5)38/h7-12,21-23,28H,13-20H2,1-6H3,(H,33,34). The smallest absolute Gasteiger partial charge is 0.253 e. The van der Waals surface area contributed by atoms with E-state index in [1.54, 1.807) is 6.92 Å². The summed E-state index contributed by atoms with van der Waals surface area (Å²) in [5.74, 6) is 2.02. The quantitative estimate of drug-likeness (QED) is 0.276. The van der Waals surface area contributed by atoms with Crippen molar-refractivity contribution in [1.29, 1.82) is 0 Å². The Morgan fingerprint density at radius 1 is 0.949 bits per heavy atom. The van der Waals surface area contributed by atoms with E-state index in [1.807, 2.05) is 47.4 Å². The molecule has 1 fully saturated rings. The summed E-state index contributed by atoms with van der Waals surface area (Å²) in [7, 11) is 2.16. The summed E-state index contributed by atoms with van der Waals surface area (Å²) in [6, 6.07) is 13.8. The molecule has 2 aromatic carbocycles. The van der Waals surface area contributed by atoms with Crippen LogP contribution in [0.1, 0.15) is 87.1 Å². The minimum atomic E-state index is 0.0492. The van der Waals surface area contributed by atoms with Crippen LogP contribution >= 0.6 is 0 Å². The molecule has 210 valence electrons. The molecule has 1 N–H and O–H groups in total. The molecule has 4 rings (SSSR count). The van der Waals surface area contributed by atoms with Crippen LogP contribution in [-0.4, -0.2) is 64.3 Å². The molecule has 1 amide bonds. The predicted octanol–water partition coefficient (Wildman–Crippen LogP) is 6.78. The summed E-state index contributed by atoms with van der Waals surface area (Å²) in [6.07, 6.45) is 4.03. The zero-order chi connectivity index (χ0) is 28.1. The highest BCUT2D eigenvalue weighted by molar-refractivity contribution is 5.98. The van der Waals surface area contributed by atoms with Crippen LogP contribution in [0.3, 0.4) is 0 Å². The maximum Gasteiger partial charge on any atom is 0.253 e. The zero-order valence-electron chi connectivity index (χ0n) is 24.5. The molecule has 1 saturated heterocycles. The molecule has 1 aliphatic heterocycles. The number of Topliss-reactive ketones (excluding diaryl/α,β-unsaturated/α-hetero) is 1. The van der Waals surface area contributed by atoms with E-state index in [1.165, 1.54) is 0 Å². The molecule has 7 heteroatoms. The van der Waals surface area contributed by atoms with E-state index >= 15 is 0 Å². The fourth-order valence-electron chi connectivity index (χ4n) is 5.18. The number of imidazole rings is 1. The van der Waals surface area contributed by atoms with E-state index < -0.39 is 0 Å². The van der Waals surface area contributed by atoms with Crippen LogP contribution < -0.4 is 5.32 Å². The second kappa shape index (κ2) is 12.8. The van der Waals surface area contributed by atoms with Crippen LogP contribution in [0, 0.1) is 11.8 Å². The number of piperidine rings is 1. The van der Waals surface area contributed by atoms with Crippen molar-refractivity contribution >= 4 is 34.4 Å². The normalized spacial score (nSPS) is 14.9. The minimum absolute atomic E-state index is 0.0492. The Morgan fingerprint density at radius 3 is 2.10 bits per heavy atom. The molecular weight excluding hydrogens is 486 g/mol. The molecule has 0 spiro atoms. The average Bonchev–Trinajstić information content (AvgIpc) is 3.25. The number of nitrogens with one attached hydrogen (secondary N) is 1. The summed E-state index contributed by atoms with van der Waals surface area (Å²) in [5, 5.41) is 3.51. The number of ketones is 1. The summed E-state index contributed by atoms with van der Waals surface area (Å²) < 4.78 is 2.30. The molecule has 0 aliphatic carbocycles. The lowest BCUT2D eigenvalue weighted by molar-refractivity contribution is 0.0740. The van der Waals surface area contributed by atoms with Crippen molar-refractivity contribution in [2.45, 2.75) is 66.3 Å². The van der Waals surface area contributed by atoms with Gasteiger partial charge in [-0.05, 0) is 107 Å². The molecule has 1 aromatic heterocycles. The summed E-state index contributed by atoms with van der Waals surface area (Å²) >= 11 is 0. The predicted molar refractivity (Wildman–Crippen MR) is 160 cm³/mol. The molecule has 0 atom stereocenters. The van der Waals surface area contributed by atoms with Gasteiger partial charge in [-0.3, -0.25) is 9.59 Å². The Bertz CT molecular complexity index is 1260. The van der Waals surface area contributed by atoms with E-state index in [9.17, 15) is 9.59 Å². The number of likely N-dealkylation sites (tertiary alicyclic amines) is 1. The van der Waals surface area contributed by atoms with Gasteiger partial charge < -0.3 is 19.7 Å². The van der Waals surface area contributed by atoms with Gasteiger partial charge in [-0.25, -0.2) is 4.98 Å². The Morgan fingerprint density at radius 2 is 1.54 bits per heavy atom. The number of aromatic nitrogens is 2. The number of hydrogen-bond donors (Lipinski definition) is 1.